The molecule has 0 atom stereocenters. The van der Waals surface area contributed by atoms with Gasteiger partial charge >= 0.3 is 10.2 Å². The van der Waals surface area contributed by atoms with Crippen LogP contribution in [0.25, 0.3) is 0 Å². The summed E-state index contributed by atoms with van der Waals surface area (Å²) in [6, 6.07) is 2.31. The van der Waals surface area contributed by atoms with E-state index >= 15 is 0 Å². The van der Waals surface area contributed by atoms with Crippen molar-refractivity contribution in [1.29, 1.82) is 0 Å². The Bertz CT molecular complexity index is 496. The van der Waals surface area contributed by atoms with Gasteiger partial charge in [0, 0.05) is 12.1 Å². The van der Waals surface area contributed by atoms with E-state index in [4.69, 9.17) is 14.2 Å². The first-order valence-electron chi connectivity index (χ1n) is 3.94. The molecule has 0 unspecified atom stereocenters. The van der Waals surface area contributed by atoms with Crippen molar-refractivity contribution >= 4 is 10.2 Å². The minimum Gasteiger partial charge on any atom is -0.495 e. The van der Waals surface area contributed by atoms with Gasteiger partial charge in [-0.15, -0.1) is 3.89 Å². The molecule has 0 aromatic heterocycles. The van der Waals surface area contributed by atoms with Gasteiger partial charge in [-0.3, -0.25) is 0 Å². The molecule has 1 aromatic rings. The number of halogens is 1. The van der Waals surface area contributed by atoms with Crippen LogP contribution in [0.2, 0.25) is 0 Å². The van der Waals surface area contributed by atoms with Crippen molar-refractivity contribution in [2.24, 2.45) is 0 Å². The number of benzene rings is 1. The Labute approximate surface area is 85.6 Å². The van der Waals surface area contributed by atoms with Crippen LogP contribution >= 0.6 is 0 Å². The summed E-state index contributed by atoms with van der Waals surface area (Å²) in [6.07, 6.45) is 0. The summed E-state index contributed by atoms with van der Waals surface area (Å²) in [5, 5.41) is 0. The van der Waals surface area contributed by atoms with Gasteiger partial charge in [0.15, 0.2) is 11.5 Å². The first kappa shape index (κ1) is 10.0. The predicted molar refractivity (Wildman–Crippen MR) is 47.4 cm³/mol. The lowest BCUT2D eigenvalue weighted by molar-refractivity contribution is 0.173. The number of methoxy groups -OCH3 is 1. The quantitative estimate of drug-likeness (QED) is 0.716. The van der Waals surface area contributed by atoms with Crippen LogP contribution in [0.15, 0.2) is 17.0 Å². The zero-order chi connectivity index (χ0) is 11.1. The van der Waals surface area contributed by atoms with Crippen molar-refractivity contribution in [3.05, 3.63) is 12.1 Å². The van der Waals surface area contributed by atoms with E-state index in [9.17, 15) is 12.3 Å². The summed E-state index contributed by atoms with van der Waals surface area (Å²) in [5.74, 6) is 0.410. The van der Waals surface area contributed by atoms with Gasteiger partial charge in [-0.2, -0.15) is 8.42 Å². The second-order valence-electron chi connectivity index (χ2n) is 2.79. The molecule has 7 heteroatoms. The van der Waals surface area contributed by atoms with Crippen LogP contribution in [0.5, 0.6) is 17.2 Å². The maximum atomic E-state index is 12.8. The van der Waals surface area contributed by atoms with Crippen LogP contribution in [0.4, 0.5) is 3.89 Å². The SMILES string of the molecule is COc1cc2c(cc1S(=O)(=O)F)OCO2. The van der Waals surface area contributed by atoms with Crippen molar-refractivity contribution in [1.82, 2.24) is 0 Å². The summed E-state index contributed by atoms with van der Waals surface area (Å²) in [5.41, 5.74) is 0. The number of hydrogen-bond acceptors (Lipinski definition) is 5. The number of rotatable bonds is 2. The third kappa shape index (κ3) is 1.70. The summed E-state index contributed by atoms with van der Waals surface area (Å²) in [6.45, 7) is -0.0196. The van der Waals surface area contributed by atoms with Gasteiger partial charge in [0.1, 0.15) is 10.6 Å². The van der Waals surface area contributed by atoms with E-state index in [1.165, 1.54) is 13.2 Å². The average Bonchev–Trinajstić information content (AvgIpc) is 2.60. The van der Waals surface area contributed by atoms with E-state index in [1.807, 2.05) is 0 Å². The molecular formula is C8H7FO5S. The molecule has 15 heavy (non-hydrogen) atoms. The summed E-state index contributed by atoms with van der Waals surface area (Å²) in [4.78, 5) is -0.561. The monoisotopic (exact) mass is 234 g/mol. The van der Waals surface area contributed by atoms with Gasteiger partial charge in [-0.1, -0.05) is 0 Å². The smallest absolute Gasteiger partial charge is 0.335 e. The van der Waals surface area contributed by atoms with E-state index in [1.54, 1.807) is 0 Å². The molecule has 0 radical (unpaired) electrons. The van der Waals surface area contributed by atoms with Crippen LogP contribution in [-0.4, -0.2) is 22.3 Å². The molecule has 0 aliphatic carbocycles. The molecule has 0 fully saturated rings. The highest BCUT2D eigenvalue weighted by molar-refractivity contribution is 7.86. The maximum Gasteiger partial charge on any atom is 0.335 e. The van der Waals surface area contributed by atoms with Crippen LogP contribution in [-0.2, 0) is 10.2 Å². The summed E-state index contributed by atoms with van der Waals surface area (Å²) >= 11 is 0. The second-order valence-corrected chi connectivity index (χ2v) is 4.11. The van der Waals surface area contributed by atoms with E-state index < -0.39 is 15.1 Å². The Hall–Kier alpha value is -1.50. The van der Waals surface area contributed by atoms with Crippen molar-refractivity contribution in [2.75, 3.05) is 13.9 Å². The highest BCUT2D eigenvalue weighted by Gasteiger charge is 2.25. The first-order chi connectivity index (χ1) is 7.02. The second kappa shape index (κ2) is 3.27. The number of fused-ring (bicyclic) bond motifs is 1. The van der Waals surface area contributed by atoms with Crippen molar-refractivity contribution < 1.29 is 26.5 Å². The van der Waals surface area contributed by atoms with Gasteiger partial charge in [0.25, 0.3) is 0 Å². The van der Waals surface area contributed by atoms with Crippen LogP contribution in [0.1, 0.15) is 0 Å². The molecule has 82 valence electrons. The lowest BCUT2D eigenvalue weighted by Gasteiger charge is -2.05. The Morgan fingerprint density at radius 3 is 2.47 bits per heavy atom. The average molecular weight is 234 g/mol. The lowest BCUT2D eigenvalue weighted by atomic mass is 10.3. The van der Waals surface area contributed by atoms with E-state index in [0.29, 0.717) is 5.75 Å². The Kier molecular flexibility index (Phi) is 2.18. The van der Waals surface area contributed by atoms with Crippen molar-refractivity contribution in [2.45, 2.75) is 4.90 Å². The van der Waals surface area contributed by atoms with E-state index in [0.717, 1.165) is 6.07 Å². The zero-order valence-corrected chi connectivity index (χ0v) is 8.51. The molecule has 1 aromatic carbocycles. The van der Waals surface area contributed by atoms with Gasteiger partial charge in [-0.25, -0.2) is 0 Å². The molecule has 0 spiro atoms. The predicted octanol–water partition coefficient (Wildman–Crippen LogP) is 1.08. The van der Waals surface area contributed by atoms with Gasteiger partial charge in [0.05, 0.1) is 7.11 Å². The fraction of sp³-hybridized carbons (Fsp3) is 0.250. The third-order valence-corrected chi connectivity index (χ3v) is 2.77. The van der Waals surface area contributed by atoms with Gasteiger partial charge in [-0.05, 0) is 0 Å². The van der Waals surface area contributed by atoms with E-state index in [-0.39, 0.29) is 18.3 Å². The molecule has 1 heterocycles. The highest BCUT2D eigenvalue weighted by Crippen LogP contribution is 2.40. The normalized spacial score (nSPS) is 14.0. The van der Waals surface area contributed by atoms with Gasteiger partial charge in [0.2, 0.25) is 6.79 Å². The topological polar surface area (TPSA) is 61.8 Å². The molecular weight excluding hydrogens is 227 g/mol. The Morgan fingerprint density at radius 1 is 1.33 bits per heavy atom. The number of hydrogen-bond donors (Lipinski definition) is 0. The molecule has 0 saturated heterocycles. The maximum absolute atomic E-state index is 12.8. The molecule has 0 bridgehead atoms. The molecule has 0 amide bonds. The fourth-order valence-corrected chi connectivity index (χ4v) is 1.89. The summed E-state index contributed by atoms with van der Waals surface area (Å²) < 4.78 is 49.0. The molecule has 1 aliphatic heterocycles. The molecule has 5 nitrogen and oxygen atoms in total. The van der Waals surface area contributed by atoms with Crippen LogP contribution < -0.4 is 14.2 Å². The minimum absolute atomic E-state index is 0.0196. The van der Waals surface area contributed by atoms with Gasteiger partial charge < -0.3 is 14.2 Å². The third-order valence-electron chi connectivity index (χ3n) is 1.92. The molecule has 0 saturated carbocycles. The zero-order valence-electron chi connectivity index (χ0n) is 7.69. The molecule has 2 rings (SSSR count). The van der Waals surface area contributed by atoms with Crippen molar-refractivity contribution in [3.8, 4) is 17.2 Å². The lowest BCUT2D eigenvalue weighted by Crippen LogP contribution is -1.97. The number of ether oxygens (including phenoxy) is 3. The van der Waals surface area contributed by atoms with Crippen LogP contribution in [0.3, 0.4) is 0 Å². The largest absolute Gasteiger partial charge is 0.495 e. The first-order valence-corrected chi connectivity index (χ1v) is 5.33. The highest BCUT2D eigenvalue weighted by atomic mass is 32.3. The standard InChI is InChI=1S/C8H7FO5S/c1-12-7-2-5-6(14-4-13-5)3-8(7)15(9,10)11/h2-3H,4H2,1H3. The molecule has 1 aliphatic rings. The Morgan fingerprint density at radius 2 is 1.93 bits per heavy atom. The molecule has 0 N–H and O–H groups in total. The van der Waals surface area contributed by atoms with E-state index in [2.05, 4.69) is 0 Å². The van der Waals surface area contributed by atoms with Crippen LogP contribution in [0, 0.1) is 0 Å². The Balaban J connectivity index is 2.64. The fourth-order valence-electron chi connectivity index (χ4n) is 1.25. The summed E-state index contributed by atoms with van der Waals surface area (Å²) in [7, 11) is -3.59. The minimum atomic E-state index is -4.83. The van der Waals surface area contributed by atoms with Crippen molar-refractivity contribution in [3.63, 3.8) is 0 Å².